The number of carbonyl (C=O) groups excluding carboxylic acids is 6. The van der Waals surface area contributed by atoms with E-state index in [-0.39, 0.29) is 40.6 Å². The van der Waals surface area contributed by atoms with Crippen molar-refractivity contribution in [3.63, 3.8) is 0 Å². The molecule has 0 aromatic heterocycles. The van der Waals surface area contributed by atoms with Crippen LogP contribution in [0.15, 0.2) is 0 Å². The van der Waals surface area contributed by atoms with Gasteiger partial charge in [-0.25, -0.2) is 9.59 Å². The largest absolute Gasteiger partial charge is 2.00 e. The number of ether oxygens (including phenoxy) is 2. The van der Waals surface area contributed by atoms with E-state index < -0.39 is 57.1 Å². The number of carbonyl (C=O) groups is 6. The minimum absolute atomic E-state index is 0. The number of Topliss-reactive ketones (excluding diaryl/α,β-unsaturated/α-hetero) is 2. The molecule has 0 saturated carbocycles. The normalized spacial score (nSPS) is 11.7. The summed E-state index contributed by atoms with van der Waals surface area (Å²) in [6, 6.07) is 0. The third kappa shape index (κ3) is 13.8. The van der Waals surface area contributed by atoms with Crippen LogP contribution in [0.3, 0.4) is 0 Å². The predicted molar refractivity (Wildman–Crippen MR) is 118 cm³/mol. The summed E-state index contributed by atoms with van der Waals surface area (Å²) in [5.74, 6) is -4.93. The average Bonchev–Trinajstić information content (AvgIpc) is 2.50. The first-order valence-electron chi connectivity index (χ1n) is 9.54. The van der Waals surface area contributed by atoms with E-state index in [1.165, 1.54) is 0 Å². The van der Waals surface area contributed by atoms with Crippen LogP contribution in [-0.2, 0) is 38.2 Å². The van der Waals surface area contributed by atoms with E-state index in [9.17, 15) is 28.8 Å². The monoisotopic (exact) mass is 470 g/mol. The topological polar surface area (TPSA) is 121 Å². The molecule has 0 aromatic rings. The van der Waals surface area contributed by atoms with Gasteiger partial charge in [0.15, 0.2) is 0 Å². The molecule has 0 bridgehead atoms. The maximum absolute atomic E-state index is 11.4. The van der Waals surface area contributed by atoms with E-state index in [0.717, 1.165) is 0 Å². The van der Waals surface area contributed by atoms with Gasteiger partial charge in [0.2, 0.25) is 11.6 Å². The Labute approximate surface area is 218 Å². The van der Waals surface area contributed by atoms with E-state index in [1.807, 2.05) is 0 Å². The van der Waals surface area contributed by atoms with Gasteiger partial charge in [0, 0.05) is 10.8 Å². The summed E-state index contributed by atoms with van der Waals surface area (Å²) in [7, 11) is 0. The van der Waals surface area contributed by atoms with Crippen LogP contribution in [0.2, 0.25) is 0 Å². The summed E-state index contributed by atoms with van der Waals surface area (Å²) in [4.78, 5) is 67.9. The molecule has 0 radical (unpaired) electrons. The van der Waals surface area contributed by atoms with Crippen LogP contribution in [0, 0.1) is 21.7 Å². The standard InChI is InChI=1S/2C11H18O4.Ca.2H/c2*1-10(2,3)7(12)8(13)15-9(14)11(4,5)6;;;/h2*1-6H3;;;/q;;+2;2*-1. The van der Waals surface area contributed by atoms with Crippen LogP contribution in [0.1, 0.15) is 85.9 Å². The maximum Gasteiger partial charge on any atom is 2.00 e. The SMILES string of the molecule is CC(C)(C)C(=O)OC(=O)C(=O)C(C)(C)C.CC(C)(C)C(=O)OC(=O)C(=O)C(C)(C)C.[Ca+2].[H-].[H-]. The summed E-state index contributed by atoms with van der Waals surface area (Å²) in [5.41, 5.74) is -3.22. The van der Waals surface area contributed by atoms with Crippen molar-refractivity contribution in [2.24, 2.45) is 21.7 Å². The van der Waals surface area contributed by atoms with Gasteiger partial charge in [-0.05, 0) is 41.5 Å². The van der Waals surface area contributed by atoms with Crippen LogP contribution in [0.4, 0.5) is 0 Å². The molecule has 0 aliphatic rings. The van der Waals surface area contributed by atoms with Crippen molar-refractivity contribution in [2.45, 2.75) is 83.1 Å². The van der Waals surface area contributed by atoms with Crippen LogP contribution >= 0.6 is 0 Å². The van der Waals surface area contributed by atoms with Crippen LogP contribution in [-0.4, -0.2) is 73.2 Å². The molecule has 0 rings (SSSR count). The van der Waals surface area contributed by atoms with Crippen molar-refractivity contribution in [3.8, 4) is 0 Å². The van der Waals surface area contributed by atoms with E-state index in [1.54, 1.807) is 83.1 Å². The quantitative estimate of drug-likeness (QED) is 0.261. The summed E-state index contributed by atoms with van der Waals surface area (Å²) in [6.07, 6.45) is 0. The van der Waals surface area contributed by atoms with Gasteiger partial charge in [-0.1, -0.05) is 41.5 Å². The summed E-state index contributed by atoms with van der Waals surface area (Å²) in [5, 5.41) is 0. The van der Waals surface area contributed by atoms with E-state index in [2.05, 4.69) is 9.47 Å². The fraction of sp³-hybridized carbons (Fsp3) is 0.727. The molecule has 8 nitrogen and oxygen atoms in total. The molecule has 176 valence electrons. The Hall–Kier alpha value is -1.12. The van der Waals surface area contributed by atoms with Gasteiger partial charge in [-0.2, -0.15) is 0 Å². The van der Waals surface area contributed by atoms with E-state index in [4.69, 9.17) is 0 Å². The Morgan fingerprint density at radius 2 is 0.645 bits per heavy atom. The Morgan fingerprint density at radius 3 is 0.774 bits per heavy atom. The molecule has 0 atom stereocenters. The molecule has 9 heteroatoms. The average molecular weight is 471 g/mol. The summed E-state index contributed by atoms with van der Waals surface area (Å²) in [6.45, 7) is 19.3. The van der Waals surface area contributed by atoms with Gasteiger partial charge in [-0.15, -0.1) is 0 Å². The molecule has 0 aliphatic heterocycles. The van der Waals surface area contributed by atoms with Crippen molar-refractivity contribution < 1.29 is 41.1 Å². The van der Waals surface area contributed by atoms with Crippen molar-refractivity contribution in [3.05, 3.63) is 0 Å². The molecule has 0 heterocycles. The first-order valence-corrected chi connectivity index (χ1v) is 9.54. The van der Waals surface area contributed by atoms with Gasteiger partial charge in [0.1, 0.15) is 0 Å². The van der Waals surface area contributed by atoms with Gasteiger partial charge in [0.05, 0.1) is 10.8 Å². The Morgan fingerprint density at radius 1 is 0.452 bits per heavy atom. The zero-order valence-electron chi connectivity index (χ0n) is 23.0. The van der Waals surface area contributed by atoms with Crippen molar-refractivity contribution in [1.29, 1.82) is 0 Å². The molecule has 0 amide bonds. The van der Waals surface area contributed by atoms with E-state index in [0.29, 0.717) is 0 Å². The third-order valence-electron chi connectivity index (χ3n) is 3.33. The first-order chi connectivity index (χ1) is 12.9. The smallest absolute Gasteiger partial charge is 1.00 e. The van der Waals surface area contributed by atoms with Crippen molar-refractivity contribution in [2.75, 3.05) is 0 Å². The zero-order valence-corrected chi connectivity index (χ0v) is 23.2. The second-order valence-electron chi connectivity index (χ2n) is 11.0. The zero-order chi connectivity index (χ0) is 24.9. The number of hydrogen-bond donors (Lipinski definition) is 0. The molecule has 0 fully saturated rings. The van der Waals surface area contributed by atoms with Crippen molar-refractivity contribution in [1.82, 2.24) is 0 Å². The summed E-state index contributed by atoms with van der Waals surface area (Å²) < 4.78 is 8.95. The first kappa shape index (κ1) is 34.5. The number of rotatable bonds is 2. The summed E-state index contributed by atoms with van der Waals surface area (Å²) >= 11 is 0. The van der Waals surface area contributed by atoms with Crippen LogP contribution in [0.5, 0.6) is 0 Å². The molecular formula is C22H38CaO8. The van der Waals surface area contributed by atoms with Gasteiger partial charge < -0.3 is 12.3 Å². The molecule has 0 saturated heterocycles. The Bertz CT molecular complexity index is 657. The number of ketones is 2. The Balaban J connectivity index is -0.000000145. The third-order valence-corrected chi connectivity index (χ3v) is 3.33. The van der Waals surface area contributed by atoms with E-state index >= 15 is 0 Å². The van der Waals surface area contributed by atoms with Crippen LogP contribution < -0.4 is 0 Å². The fourth-order valence-corrected chi connectivity index (χ4v) is 1.18. The number of hydrogen-bond acceptors (Lipinski definition) is 8. The van der Waals surface area contributed by atoms with Gasteiger partial charge >= 0.3 is 61.6 Å². The maximum atomic E-state index is 11.4. The predicted octanol–water partition coefficient (Wildman–Crippen LogP) is 3.28. The minimum atomic E-state index is -1.08. The molecule has 0 aromatic carbocycles. The molecule has 31 heavy (non-hydrogen) atoms. The minimum Gasteiger partial charge on any atom is -1.00 e. The molecular weight excluding hydrogens is 432 g/mol. The second-order valence-corrected chi connectivity index (χ2v) is 11.0. The molecule has 0 aliphatic carbocycles. The molecule has 0 N–H and O–H groups in total. The van der Waals surface area contributed by atoms with Crippen molar-refractivity contribution >= 4 is 73.2 Å². The molecule has 0 spiro atoms. The van der Waals surface area contributed by atoms with Crippen LogP contribution in [0.25, 0.3) is 0 Å². The Kier molecular flexibility index (Phi) is 13.6. The second kappa shape index (κ2) is 12.2. The van der Waals surface area contributed by atoms with Gasteiger partial charge in [0.25, 0.3) is 0 Å². The number of esters is 4. The van der Waals surface area contributed by atoms with Gasteiger partial charge in [-0.3, -0.25) is 19.2 Å². The molecule has 0 unspecified atom stereocenters. The fourth-order valence-electron chi connectivity index (χ4n) is 1.18.